The highest BCUT2D eigenvalue weighted by Crippen LogP contribution is 2.25. The van der Waals surface area contributed by atoms with Crippen LogP contribution in [0.5, 0.6) is 0 Å². The van der Waals surface area contributed by atoms with Crippen molar-refractivity contribution in [2.75, 3.05) is 7.05 Å². The van der Waals surface area contributed by atoms with Crippen molar-refractivity contribution in [1.29, 1.82) is 0 Å². The van der Waals surface area contributed by atoms with Gasteiger partial charge in [-0.25, -0.2) is 0 Å². The normalized spacial score (nSPS) is 12.9. The van der Waals surface area contributed by atoms with Gasteiger partial charge in [-0.15, -0.1) is 0 Å². The van der Waals surface area contributed by atoms with Crippen molar-refractivity contribution < 1.29 is 0 Å². The Morgan fingerprint density at radius 2 is 2.14 bits per heavy atom. The summed E-state index contributed by atoms with van der Waals surface area (Å²) in [6, 6.07) is 6.44. The van der Waals surface area contributed by atoms with E-state index in [4.69, 9.17) is 11.6 Å². The average Bonchev–Trinajstić information content (AvgIpc) is 2.12. The van der Waals surface area contributed by atoms with Crippen molar-refractivity contribution in [3.63, 3.8) is 0 Å². The molecule has 1 rings (SSSR count). The molecule has 0 radical (unpaired) electrons. The van der Waals surface area contributed by atoms with Crippen molar-refractivity contribution in [1.82, 2.24) is 5.32 Å². The van der Waals surface area contributed by atoms with Gasteiger partial charge in [-0.3, -0.25) is 0 Å². The maximum atomic E-state index is 5.99. The first-order valence-corrected chi connectivity index (χ1v) is 5.97. The van der Waals surface area contributed by atoms with Crippen LogP contribution in [0, 0.1) is 0 Å². The minimum Gasteiger partial charge on any atom is -0.313 e. The summed E-state index contributed by atoms with van der Waals surface area (Å²) in [4.78, 5) is 0. The molecule has 1 N–H and O–H groups in total. The third-order valence-electron chi connectivity index (χ3n) is 2.21. The van der Waals surface area contributed by atoms with E-state index in [2.05, 4.69) is 34.2 Å². The molecule has 14 heavy (non-hydrogen) atoms. The molecular weight excluding hydrogens is 261 g/mol. The van der Waals surface area contributed by atoms with Crippen LogP contribution in [0.1, 0.15) is 31.4 Å². The van der Waals surface area contributed by atoms with Crippen LogP contribution in [0.3, 0.4) is 0 Å². The molecule has 0 fully saturated rings. The van der Waals surface area contributed by atoms with Crippen molar-refractivity contribution in [3.8, 4) is 0 Å². The second-order valence-corrected chi connectivity index (χ2v) is 4.68. The van der Waals surface area contributed by atoms with E-state index in [1.54, 1.807) is 0 Å². The SMILES string of the molecule is CCCC(NC)c1cc(Cl)cc(Br)c1. The van der Waals surface area contributed by atoms with E-state index in [-0.39, 0.29) is 0 Å². The first kappa shape index (κ1) is 12.0. The molecule has 3 heteroatoms. The van der Waals surface area contributed by atoms with Crippen molar-refractivity contribution in [2.45, 2.75) is 25.8 Å². The van der Waals surface area contributed by atoms with Gasteiger partial charge in [-0.05, 0) is 37.2 Å². The van der Waals surface area contributed by atoms with Crippen LogP contribution in [0.15, 0.2) is 22.7 Å². The average molecular weight is 277 g/mol. The summed E-state index contributed by atoms with van der Waals surface area (Å²) in [7, 11) is 1.98. The maximum absolute atomic E-state index is 5.99. The Hall–Kier alpha value is -0.0500. The van der Waals surface area contributed by atoms with Gasteiger partial charge in [-0.1, -0.05) is 40.9 Å². The second kappa shape index (κ2) is 5.74. The summed E-state index contributed by atoms with van der Waals surface area (Å²) >= 11 is 9.44. The molecular formula is C11H15BrClN. The fourth-order valence-electron chi connectivity index (χ4n) is 1.54. The Balaban J connectivity index is 2.91. The van der Waals surface area contributed by atoms with E-state index in [1.165, 1.54) is 5.56 Å². The number of rotatable bonds is 4. The highest BCUT2D eigenvalue weighted by molar-refractivity contribution is 9.10. The number of hydrogen-bond donors (Lipinski definition) is 1. The van der Waals surface area contributed by atoms with Crippen LogP contribution >= 0.6 is 27.5 Å². The van der Waals surface area contributed by atoms with Crippen molar-refractivity contribution in [3.05, 3.63) is 33.3 Å². The monoisotopic (exact) mass is 275 g/mol. The lowest BCUT2D eigenvalue weighted by molar-refractivity contribution is 0.541. The predicted molar refractivity (Wildman–Crippen MR) is 65.9 cm³/mol. The molecule has 1 aromatic carbocycles. The van der Waals surface area contributed by atoms with Gasteiger partial charge in [0, 0.05) is 15.5 Å². The second-order valence-electron chi connectivity index (χ2n) is 3.33. The van der Waals surface area contributed by atoms with E-state index in [9.17, 15) is 0 Å². The van der Waals surface area contributed by atoms with E-state index in [1.807, 2.05) is 19.2 Å². The minimum atomic E-state index is 0.398. The Morgan fingerprint density at radius 3 is 2.64 bits per heavy atom. The summed E-state index contributed by atoms with van der Waals surface area (Å²) in [5, 5.41) is 4.08. The molecule has 0 aromatic heterocycles. The zero-order chi connectivity index (χ0) is 10.6. The highest BCUT2D eigenvalue weighted by atomic mass is 79.9. The summed E-state index contributed by atoms with van der Waals surface area (Å²) in [5.74, 6) is 0. The lowest BCUT2D eigenvalue weighted by Crippen LogP contribution is -2.15. The largest absolute Gasteiger partial charge is 0.313 e. The summed E-state index contributed by atoms with van der Waals surface area (Å²) in [6.45, 7) is 2.18. The zero-order valence-corrected chi connectivity index (χ0v) is 10.8. The zero-order valence-electron chi connectivity index (χ0n) is 8.48. The van der Waals surface area contributed by atoms with Gasteiger partial charge in [-0.2, -0.15) is 0 Å². The summed E-state index contributed by atoms with van der Waals surface area (Å²) < 4.78 is 1.04. The van der Waals surface area contributed by atoms with Crippen LogP contribution in [-0.2, 0) is 0 Å². The standard InChI is InChI=1S/C11H15BrClN/c1-3-4-11(14-2)8-5-9(12)7-10(13)6-8/h5-7,11,14H,3-4H2,1-2H3. The van der Waals surface area contributed by atoms with Crippen LogP contribution in [0.25, 0.3) is 0 Å². The van der Waals surface area contributed by atoms with Gasteiger partial charge in [0.1, 0.15) is 0 Å². The fourth-order valence-corrected chi connectivity index (χ4v) is 2.43. The molecule has 0 aliphatic heterocycles. The highest BCUT2D eigenvalue weighted by Gasteiger charge is 2.08. The van der Waals surface area contributed by atoms with Gasteiger partial charge in [0.15, 0.2) is 0 Å². The number of nitrogens with one attached hydrogen (secondary N) is 1. The molecule has 0 spiro atoms. The van der Waals surface area contributed by atoms with Gasteiger partial charge in [0.05, 0.1) is 0 Å². The van der Waals surface area contributed by atoms with Crippen LogP contribution < -0.4 is 5.32 Å². The van der Waals surface area contributed by atoms with Gasteiger partial charge in [0.2, 0.25) is 0 Å². The lowest BCUT2D eigenvalue weighted by Gasteiger charge is -2.16. The van der Waals surface area contributed by atoms with Crippen LogP contribution in [0.4, 0.5) is 0 Å². The predicted octanol–water partition coefficient (Wildman–Crippen LogP) is 4.16. The molecule has 0 saturated heterocycles. The van der Waals surface area contributed by atoms with Crippen LogP contribution in [-0.4, -0.2) is 7.05 Å². The molecule has 1 aromatic rings. The van der Waals surface area contributed by atoms with Crippen molar-refractivity contribution in [2.24, 2.45) is 0 Å². The number of benzene rings is 1. The lowest BCUT2D eigenvalue weighted by atomic mass is 10.0. The summed E-state index contributed by atoms with van der Waals surface area (Å²) in [6.07, 6.45) is 2.29. The quantitative estimate of drug-likeness (QED) is 0.870. The molecule has 78 valence electrons. The van der Waals surface area contributed by atoms with Gasteiger partial charge >= 0.3 is 0 Å². The first-order chi connectivity index (χ1) is 6.67. The summed E-state index contributed by atoms with van der Waals surface area (Å²) in [5.41, 5.74) is 1.24. The topological polar surface area (TPSA) is 12.0 Å². The molecule has 1 nitrogen and oxygen atoms in total. The maximum Gasteiger partial charge on any atom is 0.0420 e. The molecule has 0 saturated carbocycles. The molecule has 1 atom stereocenters. The molecule has 0 amide bonds. The third kappa shape index (κ3) is 3.26. The number of halogens is 2. The van der Waals surface area contributed by atoms with E-state index in [0.29, 0.717) is 6.04 Å². The van der Waals surface area contributed by atoms with Gasteiger partial charge in [0.25, 0.3) is 0 Å². The Morgan fingerprint density at radius 1 is 1.43 bits per heavy atom. The Kier molecular flexibility index (Phi) is 4.93. The molecule has 0 aliphatic rings. The number of hydrogen-bond acceptors (Lipinski definition) is 1. The van der Waals surface area contributed by atoms with Crippen molar-refractivity contribution >= 4 is 27.5 Å². The third-order valence-corrected chi connectivity index (χ3v) is 2.89. The molecule has 0 heterocycles. The van der Waals surface area contributed by atoms with E-state index >= 15 is 0 Å². The van der Waals surface area contributed by atoms with E-state index in [0.717, 1.165) is 22.3 Å². The van der Waals surface area contributed by atoms with Crippen LogP contribution in [0.2, 0.25) is 5.02 Å². The van der Waals surface area contributed by atoms with E-state index < -0.39 is 0 Å². The van der Waals surface area contributed by atoms with Gasteiger partial charge < -0.3 is 5.32 Å². The minimum absolute atomic E-state index is 0.398. The molecule has 0 aliphatic carbocycles. The molecule has 0 bridgehead atoms. The fraction of sp³-hybridized carbons (Fsp3) is 0.455. The smallest absolute Gasteiger partial charge is 0.0420 e. The Bertz CT molecular complexity index is 281. The molecule has 1 unspecified atom stereocenters. The Labute approximate surface area is 99.0 Å². The first-order valence-electron chi connectivity index (χ1n) is 4.80.